The predicted molar refractivity (Wildman–Crippen MR) is 115 cm³/mol. The summed E-state index contributed by atoms with van der Waals surface area (Å²) in [5.41, 5.74) is 1.96. The number of rotatable bonds is 7. The second kappa shape index (κ2) is 9.06. The Morgan fingerprint density at radius 1 is 0.967 bits per heavy atom. The van der Waals surface area contributed by atoms with Crippen molar-refractivity contribution in [2.75, 3.05) is 5.32 Å². The lowest BCUT2D eigenvalue weighted by molar-refractivity contribution is 0.102. The second-order valence-electron chi connectivity index (χ2n) is 7.05. The SMILES string of the molecule is Cc1ccc(Oc2ccc(NC(=O)c3ccc(S(=O)(=O)NC(C)C)cc3)cn2)cc1. The van der Waals surface area contributed by atoms with Crippen LogP contribution in [-0.2, 0) is 10.0 Å². The molecule has 0 aliphatic rings. The average Bonchev–Trinajstić information content (AvgIpc) is 2.70. The summed E-state index contributed by atoms with van der Waals surface area (Å²) in [6.45, 7) is 5.48. The summed E-state index contributed by atoms with van der Waals surface area (Å²) in [5, 5.41) is 2.73. The number of aryl methyl sites for hydroxylation is 1. The predicted octanol–water partition coefficient (Wildman–Crippen LogP) is 4.12. The van der Waals surface area contributed by atoms with E-state index in [-0.39, 0.29) is 16.8 Å². The van der Waals surface area contributed by atoms with Crippen molar-refractivity contribution in [2.45, 2.75) is 31.7 Å². The van der Waals surface area contributed by atoms with E-state index in [1.165, 1.54) is 30.5 Å². The number of hydrogen-bond donors (Lipinski definition) is 2. The molecule has 3 rings (SSSR count). The van der Waals surface area contributed by atoms with Gasteiger partial charge in [0.15, 0.2) is 0 Å². The van der Waals surface area contributed by atoms with Crippen molar-refractivity contribution < 1.29 is 17.9 Å². The smallest absolute Gasteiger partial charge is 0.255 e. The average molecular weight is 426 g/mol. The highest BCUT2D eigenvalue weighted by Crippen LogP contribution is 2.21. The van der Waals surface area contributed by atoms with Gasteiger partial charge in [0.1, 0.15) is 5.75 Å². The molecule has 2 N–H and O–H groups in total. The van der Waals surface area contributed by atoms with Crippen LogP contribution >= 0.6 is 0 Å². The first kappa shape index (κ1) is 21.5. The molecule has 0 saturated carbocycles. The van der Waals surface area contributed by atoms with Crippen LogP contribution in [0.4, 0.5) is 5.69 Å². The molecule has 7 nitrogen and oxygen atoms in total. The maximum atomic E-state index is 12.4. The third-order valence-electron chi connectivity index (χ3n) is 4.06. The van der Waals surface area contributed by atoms with E-state index in [9.17, 15) is 13.2 Å². The first-order valence-corrected chi connectivity index (χ1v) is 10.9. The Morgan fingerprint density at radius 2 is 1.63 bits per heavy atom. The van der Waals surface area contributed by atoms with E-state index in [1.807, 2.05) is 31.2 Å². The molecular formula is C22H23N3O4S. The minimum Gasteiger partial charge on any atom is -0.439 e. The minimum atomic E-state index is -3.60. The lowest BCUT2D eigenvalue weighted by Crippen LogP contribution is -2.30. The van der Waals surface area contributed by atoms with E-state index in [1.54, 1.807) is 26.0 Å². The number of pyridine rings is 1. The van der Waals surface area contributed by atoms with Gasteiger partial charge in [-0.25, -0.2) is 18.1 Å². The first-order chi connectivity index (χ1) is 14.2. The van der Waals surface area contributed by atoms with E-state index in [4.69, 9.17) is 4.74 Å². The zero-order valence-electron chi connectivity index (χ0n) is 16.9. The van der Waals surface area contributed by atoms with Crippen molar-refractivity contribution >= 4 is 21.6 Å². The monoisotopic (exact) mass is 425 g/mol. The molecule has 0 aliphatic carbocycles. The molecule has 0 saturated heterocycles. The molecule has 2 aromatic carbocycles. The van der Waals surface area contributed by atoms with Crippen molar-refractivity contribution in [3.63, 3.8) is 0 Å². The number of nitrogens with zero attached hydrogens (tertiary/aromatic N) is 1. The molecule has 0 aliphatic heterocycles. The summed E-state index contributed by atoms with van der Waals surface area (Å²) in [4.78, 5) is 16.7. The van der Waals surface area contributed by atoms with E-state index in [2.05, 4.69) is 15.0 Å². The number of benzene rings is 2. The molecule has 1 amide bonds. The van der Waals surface area contributed by atoms with Crippen LogP contribution in [0.25, 0.3) is 0 Å². The fraction of sp³-hybridized carbons (Fsp3) is 0.182. The number of sulfonamides is 1. The van der Waals surface area contributed by atoms with Crippen molar-refractivity contribution in [1.82, 2.24) is 9.71 Å². The maximum absolute atomic E-state index is 12.4. The number of nitrogens with one attached hydrogen (secondary N) is 2. The molecule has 0 spiro atoms. The van der Waals surface area contributed by atoms with Crippen LogP contribution < -0.4 is 14.8 Å². The number of ether oxygens (including phenoxy) is 1. The van der Waals surface area contributed by atoms with Gasteiger partial charge in [0.25, 0.3) is 5.91 Å². The molecule has 8 heteroatoms. The van der Waals surface area contributed by atoms with Crippen molar-refractivity contribution in [3.05, 3.63) is 78.0 Å². The van der Waals surface area contributed by atoms with Gasteiger partial charge < -0.3 is 10.1 Å². The number of anilines is 1. The van der Waals surface area contributed by atoms with Crippen LogP contribution in [0.1, 0.15) is 29.8 Å². The highest BCUT2D eigenvalue weighted by Gasteiger charge is 2.16. The van der Waals surface area contributed by atoms with Gasteiger partial charge in [0, 0.05) is 17.7 Å². The first-order valence-electron chi connectivity index (χ1n) is 9.37. The largest absolute Gasteiger partial charge is 0.439 e. The van der Waals surface area contributed by atoms with Gasteiger partial charge in [0.2, 0.25) is 15.9 Å². The fourth-order valence-electron chi connectivity index (χ4n) is 2.61. The van der Waals surface area contributed by atoms with Crippen LogP contribution in [0.3, 0.4) is 0 Å². The Kier molecular flexibility index (Phi) is 6.49. The molecule has 1 aromatic heterocycles. The van der Waals surface area contributed by atoms with Gasteiger partial charge in [-0.2, -0.15) is 0 Å². The molecule has 0 unspecified atom stereocenters. The molecule has 1 heterocycles. The van der Waals surface area contributed by atoms with Gasteiger partial charge in [-0.1, -0.05) is 17.7 Å². The van der Waals surface area contributed by atoms with Crippen LogP contribution in [-0.4, -0.2) is 25.4 Å². The van der Waals surface area contributed by atoms with E-state index in [0.29, 0.717) is 22.9 Å². The quantitative estimate of drug-likeness (QED) is 0.593. The number of aromatic nitrogens is 1. The third kappa shape index (κ3) is 5.65. The van der Waals surface area contributed by atoms with E-state index < -0.39 is 10.0 Å². The highest BCUT2D eigenvalue weighted by atomic mass is 32.2. The standard InChI is InChI=1S/C22H23N3O4S/c1-15(2)25-30(27,28)20-11-6-17(7-12-20)22(26)24-18-8-13-21(23-14-18)29-19-9-4-16(3)5-10-19/h4-15,25H,1-3H3,(H,24,26). The van der Waals surface area contributed by atoms with Gasteiger partial charge in [-0.3, -0.25) is 4.79 Å². The Labute approximate surface area is 176 Å². The zero-order chi connectivity index (χ0) is 21.7. The van der Waals surface area contributed by atoms with Crippen molar-refractivity contribution in [2.24, 2.45) is 0 Å². The van der Waals surface area contributed by atoms with Gasteiger partial charge in [-0.15, -0.1) is 0 Å². The minimum absolute atomic E-state index is 0.104. The normalized spacial score (nSPS) is 11.3. The molecule has 0 fully saturated rings. The van der Waals surface area contributed by atoms with Crippen LogP contribution in [0.5, 0.6) is 11.6 Å². The Hall–Kier alpha value is -3.23. The molecule has 0 atom stereocenters. The number of hydrogen-bond acceptors (Lipinski definition) is 5. The maximum Gasteiger partial charge on any atom is 0.255 e. The lowest BCUT2D eigenvalue weighted by atomic mass is 10.2. The summed E-state index contributed by atoms with van der Waals surface area (Å²) in [6.07, 6.45) is 1.49. The van der Waals surface area contributed by atoms with E-state index in [0.717, 1.165) is 5.56 Å². The third-order valence-corrected chi connectivity index (χ3v) is 5.73. The summed E-state index contributed by atoms with van der Waals surface area (Å²) in [5.74, 6) is 0.709. The second-order valence-corrected chi connectivity index (χ2v) is 8.77. The molecule has 3 aromatic rings. The van der Waals surface area contributed by atoms with Crippen LogP contribution in [0.2, 0.25) is 0 Å². The Balaban J connectivity index is 1.63. The van der Waals surface area contributed by atoms with E-state index >= 15 is 0 Å². The topological polar surface area (TPSA) is 97.4 Å². The Bertz CT molecular complexity index is 1110. The zero-order valence-corrected chi connectivity index (χ0v) is 17.7. The molecular weight excluding hydrogens is 402 g/mol. The van der Waals surface area contributed by atoms with Crippen molar-refractivity contribution in [1.29, 1.82) is 0 Å². The molecule has 0 radical (unpaired) electrons. The Morgan fingerprint density at radius 3 is 2.20 bits per heavy atom. The molecule has 30 heavy (non-hydrogen) atoms. The summed E-state index contributed by atoms with van der Waals surface area (Å²) in [6, 6.07) is 16.4. The molecule has 0 bridgehead atoms. The highest BCUT2D eigenvalue weighted by molar-refractivity contribution is 7.89. The number of carbonyl (C=O) groups excluding carboxylic acids is 1. The van der Waals surface area contributed by atoms with Gasteiger partial charge in [0.05, 0.1) is 16.8 Å². The number of carbonyl (C=O) groups is 1. The lowest BCUT2D eigenvalue weighted by Gasteiger charge is -2.10. The van der Waals surface area contributed by atoms with Crippen LogP contribution in [0.15, 0.2) is 71.8 Å². The van der Waals surface area contributed by atoms with Gasteiger partial charge in [-0.05, 0) is 63.2 Å². The summed E-state index contributed by atoms with van der Waals surface area (Å²) < 4.78 is 32.5. The summed E-state index contributed by atoms with van der Waals surface area (Å²) >= 11 is 0. The summed E-state index contributed by atoms with van der Waals surface area (Å²) in [7, 11) is -3.60. The van der Waals surface area contributed by atoms with Crippen molar-refractivity contribution in [3.8, 4) is 11.6 Å². The van der Waals surface area contributed by atoms with Crippen LogP contribution in [0, 0.1) is 6.92 Å². The fourth-order valence-corrected chi connectivity index (χ4v) is 3.86. The molecule has 156 valence electrons. The van der Waals surface area contributed by atoms with Gasteiger partial charge >= 0.3 is 0 Å². The number of amides is 1.